The Balaban J connectivity index is 1.27. The van der Waals surface area contributed by atoms with Gasteiger partial charge in [-0.1, -0.05) is 42.0 Å². The number of benzene rings is 4. The van der Waals surface area contributed by atoms with Gasteiger partial charge in [-0.05, 0) is 66.2 Å². The summed E-state index contributed by atoms with van der Waals surface area (Å²) in [4.78, 5) is 18.0. The van der Waals surface area contributed by atoms with Crippen molar-refractivity contribution in [3.8, 4) is 11.5 Å². The van der Waals surface area contributed by atoms with Crippen molar-refractivity contribution in [1.29, 1.82) is 0 Å². The van der Waals surface area contributed by atoms with Gasteiger partial charge in [-0.15, -0.1) is 11.8 Å². The molecule has 0 aliphatic rings. The lowest BCUT2D eigenvalue weighted by Gasteiger charge is -2.06. The molecule has 5 heteroatoms. The van der Waals surface area contributed by atoms with Crippen LogP contribution in [0.1, 0.15) is 5.56 Å². The van der Waals surface area contributed by atoms with Gasteiger partial charge in [0.25, 0.3) is 0 Å². The fourth-order valence-electron chi connectivity index (χ4n) is 3.41. The van der Waals surface area contributed by atoms with E-state index in [2.05, 4.69) is 22.4 Å². The summed E-state index contributed by atoms with van der Waals surface area (Å²) < 4.78 is 5.98. The summed E-state index contributed by atoms with van der Waals surface area (Å²) in [5, 5.41) is 5.20. The van der Waals surface area contributed by atoms with Crippen LogP contribution in [0.5, 0.6) is 0 Å². The monoisotopic (exact) mass is 424 g/mol. The van der Waals surface area contributed by atoms with Crippen LogP contribution < -0.4 is 5.32 Å². The molecule has 0 fully saturated rings. The van der Waals surface area contributed by atoms with Crippen LogP contribution in [0.15, 0.2) is 94.2 Å². The van der Waals surface area contributed by atoms with E-state index in [0.29, 0.717) is 11.6 Å². The normalized spacial score (nSPS) is 11.1. The fraction of sp³-hybridized carbons (Fsp3) is 0.0769. The van der Waals surface area contributed by atoms with Gasteiger partial charge in [0, 0.05) is 16.1 Å². The first-order valence-electron chi connectivity index (χ1n) is 10.0. The average molecular weight is 425 g/mol. The van der Waals surface area contributed by atoms with Gasteiger partial charge in [-0.2, -0.15) is 0 Å². The Morgan fingerprint density at radius 2 is 1.65 bits per heavy atom. The Labute approximate surface area is 184 Å². The van der Waals surface area contributed by atoms with Crippen LogP contribution in [-0.4, -0.2) is 16.6 Å². The van der Waals surface area contributed by atoms with Crippen molar-refractivity contribution < 1.29 is 9.21 Å². The van der Waals surface area contributed by atoms with Crippen molar-refractivity contribution in [2.75, 3.05) is 11.1 Å². The second-order valence-corrected chi connectivity index (χ2v) is 8.46. The Kier molecular flexibility index (Phi) is 5.18. The van der Waals surface area contributed by atoms with E-state index in [0.717, 1.165) is 38.0 Å². The van der Waals surface area contributed by atoms with Gasteiger partial charge in [0.2, 0.25) is 11.8 Å². The molecular formula is C26H20N2O2S. The number of hydrogen-bond acceptors (Lipinski definition) is 4. The number of hydrogen-bond donors (Lipinski definition) is 1. The highest BCUT2D eigenvalue weighted by atomic mass is 32.2. The van der Waals surface area contributed by atoms with E-state index in [4.69, 9.17) is 4.42 Å². The van der Waals surface area contributed by atoms with Crippen molar-refractivity contribution in [3.05, 3.63) is 90.5 Å². The minimum Gasteiger partial charge on any atom is -0.436 e. The molecule has 4 nitrogen and oxygen atoms in total. The summed E-state index contributed by atoms with van der Waals surface area (Å²) in [5.41, 5.74) is 4.42. The molecule has 0 spiro atoms. The molecule has 5 aromatic rings. The van der Waals surface area contributed by atoms with Crippen molar-refractivity contribution in [1.82, 2.24) is 4.98 Å². The van der Waals surface area contributed by atoms with E-state index >= 15 is 0 Å². The Hall–Kier alpha value is -3.57. The summed E-state index contributed by atoms with van der Waals surface area (Å²) in [6.45, 7) is 2.05. The van der Waals surface area contributed by atoms with Crippen LogP contribution in [0, 0.1) is 6.92 Å². The molecular weight excluding hydrogens is 404 g/mol. The summed E-state index contributed by atoms with van der Waals surface area (Å²) in [6, 6.07) is 27.9. The summed E-state index contributed by atoms with van der Waals surface area (Å²) in [5.74, 6) is 0.897. The maximum atomic E-state index is 12.3. The lowest BCUT2D eigenvalue weighted by Crippen LogP contribution is -2.13. The number of anilines is 1. The SMILES string of the molecule is Cc1ccc(SCC(=O)Nc2ccc(-c3nc4cc5ccccc5cc4o3)cc2)cc1. The predicted octanol–water partition coefficient (Wildman–Crippen LogP) is 6.69. The van der Waals surface area contributed by atoms with Gasteiger partial charge in [0.1, 0.15) is 5.52 Å². The first-order chi connectivity index (χ1) is 15.1. The second-order valence-electron chi connectivity index (χ2n) is 7.41. The van der Waals surface area contributed by atoms with E-state index in [1.807, 2.05) is 79.7 Å². The molecule has 0 radical (unpaired) electrons. The Bertz CT molecular complexity index is 1320. The van der Waals surface area contributed by atoms with Gasteiger partial charge < -0.3 is 9.73 Å². The third-order valence-electron chi connectivity index (χ3n) is 5.06. The van der Waals surface area contributed by atoms with Crippen LogP contribution in [0.2, 0.25) is 0 Å². The molecule has 0 atom stereocenters. The molecule has 4 aromatic carbocycles. The third-order valence-corrected chi connectivity index (χ3v) is 6.07. The number of aromatic nitrogens is 1. The zero-order chi connectivity index (χ0) is 21.2. The van der Waals surface area contributed by atoms with Crippen molar-refractivity contribution >= 4 is 45.2 Å². The number of amides is 1. The molecule has 0 bridgehead atoms. The van der Waals surface area contributed by atoms with Crippen LogP contribution in [0.25, 0.3) is 33.3 Å². The standard InChI is InChI=1S/C26H20N2O2S/c1-17-6-12-22(13-7-17)31-16-25(29)27-21-10-8-18(9-11-21)26-28-23-14-19-4-2-3-5-20(19)15-24(23)30-26/h2-15H,16H2,1H3,(H,27,29). The molecule has 1 heterocycles. The quantitative estimate of drug-likeness (QED) is 0.320. The molecule has 1 N–H and O–H groups in total. The van der Waals surface area contributed by atoms with E-state index in [9.17, 15) is 4.79 Å². The Morgan fingerprint density at radius 3 is 2.39 bits per heavy atom. The lowest BCUT2D eigenvalue weighted by molar-refractivity contribution is -0.113. The number of aryl methyl sites for hydroxylation is 1. The molecule has 5 rings (SSSR count). The van der Waals surface area contributed by atoms with Gasteiger partial charge >= 0.3 is 0 Å². The smallest absolute Gasteiger partial charge is 0.234 e. The lowest BCUT2D eigenvalue weighted by atomic mass is 10.1. The molecule has 0 saturated heterocycles. The van der Waals surface area contributed by atoms with Crippen molar-refractivity contribution in [3.63, 3.8) is 0 Å². The van der Waals surface area contributed by atoms with Gasteiger partial charge in [-0.25, -0.2) is 4.98 Å². The van der Waals surface area contributed by atoms with Gasteiger partial charge in [-0.3, -0.25) is 4.79 Å². The minimum absolute atomic E-state index is 0.0353. The van der Waals surface area contributed by atoms with Crippen molar-refractivity contribution in [2.45, 2.75) is 11.8 Å². The van der Waals surface area contributed by atoms with Crippen LogP contribution in [0.3, 0.4) is 0 Å². The first kappa shape index (κ1) is 19.4. The molecule has 1 aromatic heterocycles. The molecule has 1 amide bonds. The number of nitrogens with zero attached hydrogens (tertiary/aromatic N) is 1. The highest BCUT2D eigenvalue weighted by Gasteiger charge is 2.10. The van der Waals surface area contributed by atoms with Gasteiger partial charge in [0.05, 0.1) is 5.75 Å². The fourth-order valence-corrected chi connectivity index (χ4v) is 4.11. The maximum absolute atomic E-state index is 12.3. The highest BCUT2D eigenvalue weighted by Crippen LogP contribution is 2.28. The Morgan fingerprint density at radius 1 is 0.935 bits per heavy atom. The number of thioether (sulfide) groups is 1. The summed E-state index contributed by atoms with van der Waals surface area (Å²) >= 11 is 1.52. The van der Waals surface area contributed by atoms with E-state index < -0.39 is 0 Å². The van der Waals surface area contributed by atoms with Crippen LogP contribution >= 0.6 is 11.8 Å². The first-order valence-corrected chi connectivity index (χ1v) is 11.0. The molecule has 0 unspecified atom stereocenters. The summed E-state index contributed by atoms with van der Waals surface area (Å²) in [6.07, 6.45) is 0. The van der Waals surface area contributed by atoms with E-state index in [1.54, 1.807) is 0 Å². The summed E-state index contributed by atoms with van der Waals surface area (Å²) in [7, 11) is 0. The zero-order valence-corrected chi connectivity index (χ0v) is 17.8. The number of oxazole rings is 1. The van der Waals surface area contributed by atoms with Gasteiger partial charge in [0.15, 0.2) is 5.58 Å². The van der Waals surface area contributed by atoms with Crippen LogP contribution in [0.4, 0.5) is 5.69 Å². The van der Waals surface area contributed by atoms with Crippen molar-refractivity contribution in [2.24, 2.45) is 0 Å². The number of rotatable bonds is 5. The topological polar surface area (TPSA) is 55.1 Å². The molecule has 31 heavy (non-hydrogen) atoms. The molecule has 0 aliphatic heterocycles. The van der Waals surface area contributed by atoms with Crippen LogP contribution in [-0.2, 0) is 4.79 Å². The molecule has 152 valence electrons. The second kappa shape index (κ2) is 8.28. The maximum Gasteiger partial charge on any atom is 0.234 e. The molecule has 0 saturated carbocycles. The predicted molar refractivity (Wildman–Crippen MR) is 127 cm³/mol. The number of fused-ring (bicyclic) bond motifs is 2. The zero-order valence-electron chi connectivity index (χ0n) is 17.0. The molecule has 0 aliphatic carbocycles. The minimum atomic E-state index is -0.0353. The van der Waals surface area contributed by atoms with E-state index in [-0.39, 0.29) is 5.91 Å². The average Bonchev–Trinajstić information content (AvgIpc) is 3.20. The van der Waals surface area contributed by atoms with E-state index in [1.165, 1.54) is 17.3 Å². The number of carbonyl (C=O) groups is 1. The third kappa shape index (κ3) is 4.32. The number of carbonyl (C=O) groups excluding carboxylic acids is 1. The number of nitrogens with one attached hydrogen (secondary N) is 1. The highest BCUT2D eigenvalue weighted by molar-refractivity contribution is 8.00. The largest absolute Gasteiger partial charge is 0.436 e.